The molecule has 0 saturated carbocycles. The first kappa shape index (κ1) is 13.1. The Morgan fingerprint density at radius 3 is 2.84 bits per heavy atom. The number of carbonyl (C=O) groups is 1. The zero-order valence-electron chi connectivity index (χ0n) is 11.0. The molecule has 0 saturated heterocycles. The van der Waals surface area contributed by atoms with Gasteiger partial charge in [0.15, 0.2) is 0 Å². The van der Waals surface area contributed by atoms with Gasteiger partial charge in [0, 0.05) is 11.9 Å². The van der Waals surface area contributed by atoms with Crippen LogP contribution in [-0.2, 0) is 6.54 Å². The Morgan fingerprint density at radius 1 is 1.32 bits per heavy atom. The number of carboxylic acids is 1. The van der Waals surface area contributed by atoms with Crippen LogP contribution in [-0.4, -0.2) is 16.1 Å². The Hall–Kier alpha value is -2.36. The number of anilines is 1. The largest absolute Gasteiger partial charge is 0.478 e. The molecule has 2 aromatic rings. The number of aryl methyl sites for hydroxylation is 2. The van der Waals surface area contributed by atoms with E-state index in [0.29, 0.717) is 12.2 Å². The molecule has 2 N–H and O–H groups in total. The second-order valence-corrected chi connectivity index (χ2v) is 4.47. The highest BCUT2D eigenvalue weighted by atomic mass is 16.4. The van der Waals surface area contributed by atoms with Crippen molar-refractivity contribution >= 4 is 11.7 Å². The van der Waals surface area contributed by atoms with E-state index in [-0.39, 0.29) is 5.56 Å². The van der Waals surface area contributed by atoms with Crippen molar-refractivity contribution in [3.63, 3.8) is 0 Å². The summed E-state index contributed by atoms with van der Waals surface area (Å²) < 4.78 is 0. The topological polar surface area (TPSA) is 62.2 Å². The van der Waals surface area contributed by atoms with Gasteiger partial charge in [-0.25, -0.2) is 4.79 Å². The van der Waals surface area contributed by atoms with Gasteiger partial charge in [-0.2, -0.15) is 0 Å². The van der Waals surface area contributed by atoms with Crippen molar-refractivity contribution in [2.24, 2.45) is 0 Å². The fourth-order valence-corrected chi connectivity index (χ4v) is 1.88. The average Bonchev–Trinajstić information content (AvgIpc) is 2.40. The maximum absolute atomic E-state index is 11.1. The van der Waals surface area contributed by atoms with Crippen LogP contribution in [0.4, 0.5) is 5.69 Å². The van der Waals surface area contributed by atoms with Crippen LogP contribution in [0.1, 0.15) is 27.2 Å². The van der Waals surface area contributed by atoms with Crippen LogP contribution in [0.2, 0.25) is 0 Å². The Labute approximate surface area is 112 Å². The van der Waals surface area contributed by atoms with E-state index in [9.17, 15) is 4.79 Å². The van der Waals surface area contributed by atoms with Gasteiger partial charge in [-0.05, 0) is 43.2 Å². The van der Waals surface area contributed by atoms with E-state index in [0.717, 1.165) is 16.8 Å². The van der Waals surface area contributed by atoms with Gasteiger partial charge in [0.2, 0.25) is 0 Å². The maximum Gasteiger partial charge on any atom is 0.337 e. The van der Waals surface area contributed by atoms with Crippen LogP contribution < -0.4 is 5.32 Å². The lowest BCUT2D eigenvalue weighted by atomic mass is 10.1. The predicted octanol–water partition coefficient (Wildman–Crippen LogP) is 3.01. The minimum atomic E-state index is -0.953. The van der Waals surface area contributed by atoms with E-state index in [1.54, 1.807) is 18.3 Å². The van der Waals surface area contributed by atoms with Crippen LogP contribution in [0.3, 0.4) is 0 Å². The number of carboxylic acid groups (broad SMARTS) is 1. The fourth-order valence-electron chi connectivity index (χ4n) is 1.88. The summed E-state index contributed by atoms with van der Waals surface area (Å²) in [6.07, 6.45) is 1.60. The molecule has 19 heavy (non-hydrogen) atoms. The standard InChI is InChI=1S/C15H16N2O2/c1-10-5-6-11(2)13(8-10)17-9-14-12(15(18)19)4-3-7-16-14/h3-8,17H,9H2,1-2H3,(H,18,19). The van der Waals surface area contributed by atoms with Crippen LogP contribution in [0.15, 0.2) is 36.5 Å². The van der Waals surface area contributed by atoms with Crippen molar-refractivity contribution in [1.29, 1.82) is 0 Å². The third-order valence-corrected chi connectivity index (χ3v) is 2.96. The molecule has 98 valence electrons. The quantitative estimate of drug-likeness (QED) is 0.882. The minimum absolute atomic E-state index is 0.236. The molecule has 0 fully saturated rings. The summed E-state index contributed by atoms with van der Waals surface area (Å²) >= 11 is 0. The highest BCUT2D eigenvalue weighted by Crippen LogP contribution is 2.17. The van der Waals surface area contributed by atoms with Crippen LogP contribution in [0.5, 0.6) is 0 Å². The summed E-state index contributed by atoms with van der Waals surface area (Å²) in [5.41, 5.74) is 4.06. The number of nitrogens with zero attached hydrogens (tertiary/aromatic N) is 1. The summed E-state index contributed by atoms with van der Waals surface area (Å²) in [6.45, 7) is 4.43. The molecule has 4 nitrogen and oxygen atoms in total. The molecule has 1 aromatic carbocycles. The fraction of sp³-hybridized carbons (Fsp3) is 0.200. The zero-order valence-corrected chi connectivity index (χ0v) is 11.0. The average molecular weight is 256 g/mol. The van der Waals surface area contributed by atoms with Gasteiger partial charge < -0.3 is 10.4 Å². The summed E-state index contributed by atoms with van der Waals surface area (Å²) in [5.74, 6) is -0.953. The van der Waals surface area contributed by atoms with E-state index >= 15 is 0 Å². The molecular formula is C15H16N2O2. The second kappa shape index (κ2) is 5.52. The van der Waals surface area contributed by atoms with E-state index < -0.39 is 5.97 Å². The number of aromatic carboxylic acids is 1. The van der Waals surface area contributed by atoms with E-state index in [2.05, 4.69) is 10.3 Å². The first-order chi connectivity index (χ1) is 9.08. The molecule has 2 rings (SSSR count). The molecule has 0 radical (unpaired) electrons. The molecule has 0 bridgehead atoms. The monoisotopic (exact) mass is 256 g/mol. The molecular weight excluding hydrogens is 240 g/mol. The Bertz CT molecular complexity index is 609. The van der Waals surface area contributed by atoms with Gasteiger partial charge in [-0.15, -0.1) is 0 Å². The molecule has 0 aliphatic rings. The smallest absolute Gasteiger partial charge is 0.337 e. The number of pyridine rings is 1. The molecule has 0 spiro atoms. The van der Waals surface area contributed by atoms with Gasteiger partial charge in [0.05, 0.1) is 17.8 Å². The predicted molar refractivity (Wildman–Crippen MR) is 74.4 cm³/mol. The van der Waals surface area contributed by atoms with E-state index in [1.807, 2.05) is 32.0 Å². The molecule has 4 heteroatoms. The molecule has 0 amide bonds. The van der Waals surface area contributed by atoms with Crippen molar-refractivity contribution in [1.82, 2.24) is 4.98 Å². The number of nitrogens with one attached hydrogen (secondary N) is 1. The number of aromatic nitrogens is 1. The first-order valence-electron chi connectivity index (χ1n) is 6.06. The van der Waals surface area contributed by atoms with Crippen LogP contribution in [0, 0.1) is 13.8 Å². The van der Waals surface area contributed by atoms with Gasteiger partial charge >= 0.3 is 5.97 Å². The molecule has 0 aliphatic heterocycles. The summed E-state index contributed by atoms with van der Waals surface area (Å²) in [7, 11) is 0. The Kier molecular flexibility index (Phi) is 3.80. The summed E-state index contributed by atoms with van der Waals surface area (Å²) in [6, 6.07) is 9.32. The van der Waals surface area contributed by atoms with Crippen LogP contribution >= 0.6 is 0 Å². The highest BCUT2D eigenvalue weighted by Gasteiger charge is 2.10. The molecule has 1 heterocycles. The maximum atomic E-state index is 11.1. The second-order valence-electron chi connectivity index (χ2n) is 4.47. The van der Waals surface area contributed by atoms with Crippen molar-refractivity contribution in [2.45, 2.75) is 20.4 Å². The van der Waals surface area contributed by atoms with Gasteiger partial charge in [-0.3, -0.25) is 4.98 Å². The third-order valence-electron chi connectivity index (χ3n) is 2.96. The molecule has 0 atom stereocenters. The number of hydrogen-bond acceptors (Lipinski definition) is 3. The molecule has 1 aromatic heterocycles. The van der Waals surface area contributed by atoms with E-state index in [4.69, 9.17) is 5.11 Å². The Balaban J connectivity index is 2.19. The van der Waals surface area contributed by atoms with Gasteiger partial charge in [-0.1, -0.05) is 12.1 Å². The highest BCUT2D eigenvalue weighted by molar-refractivity contribution is 5.88. The van der Waals surface area contributed by atoms with Crippen molar-refractivity contribution in [3.8, 4) is 0 Å². The normalized spacial score (nSPS) is 10.2. The van der Waals surface area contributed by atoms with Gasteiger partial charge in [0.1, 0.15) is 0 Å². The van der Waals surface area contributed by atoms with E-state index in [1.165, 1.54) is 0 Å². The SMILES string of the molecule is Cc1ccc(C)c(NCc2ncccc2C(=O)O)c1. The summed E-state index contributed by atoms with van der Waals surface area (Å²) in [5, 5.41) is 12.3. The lowest BCUT2D eigenvalue weighted by molar-refractivity contribution is 0.0695. The zero-order chi connectivity index (χ0) is 13.8. The van der Waals surface area contributed by atoms with Crippen molar-refractivity contribution in [3.05, 3.63) is 58.9 Å². The molecule has 0 unspecified atom stereocenters. The first-order valence-corrected chi connectivity index (χ1v) is 6.06. The van der Waals surface area contributed by atoms with Crippen molar-refractivity contribution < 1.29 is 9.90 Å². The van der Waals surface area contributed by atoms with Crippen molar-refractivity contribution in [2.75, 3.05) is 5.32 Å². The number of rotatable bonds is 4. The Morgan fingerprint density at radius 2 is 2.11 bits per heavy atom. The number of hydrogen-bond donors (Lipinski definition) is 2. The lowest BCUT2D eigenvalue weighted by Crippen LogP contribution is -2.09. The minimum Gasteiger partial charge on any atom is -0.478 e. The lowest BCUT2D eigenvalue weighted by Gasteiger charge is -2.11. The summed E-state index contributed by atoms with van der Waals surface area (Å²) in [4.78, 5) is 15.2. The van der Waals surface area contributed by atoms with Crippen LogP contribution in [0.25, 0.3) is 0 Å². The van der Waals surface area contributed by atoms with Gasteiger partial charge in [0.25, 0.3) is 0 Å². The number of benzene rings is 1. The third kappa shape index (κ3) is 3.10. The molecule has 0 aliphatic carbocycles.